The van der Waals surface area contributed by atoms with Crippen molar-refractivity contribution in [3.05, 3.63) is 46.7 Å². The van der Waals surface area contributed by atoms with Crippen LogP contribution in [0.4, 0.5) is 11.6 Å². The average molecular weight is 361 g/mol. The van der Waals surface area contributed by atoms with Gasteiger partial charge in [0, 0.05) is 23.6 Å². The summed E-state index contributed by atoms with van der Waals surface area (Å²) in [6.07, 6.45) is 4.21. The smallest absolute Gasteiger partial charge is 0.229 e. The molecule has 22 heavy (non-hydrogen) atoms. The Bertz CT molecular complexity index is 653. The first kappa shape index (κ1) is 15.0. The van der Waals surface area contributed by atoms with Crippen LogP contribution >= 0.6 is 15.9 Å². The Hall–Kier alpha value is -1.95. The van der Waals surface area contributed by atoms with E-state index in [1.54, 1.807) is 0 Å². The summed E-state index contributed by atoms with van der Waals surface area (Å²) in [7, 11) is 0. The first-order valence-electron chi connectivity index (χ1n) is 7.32. The van der Waals surface area contributed by atoms with E-state index < -0.39 is 0 Å². The molecule has 0 spiro atoms. The highest BCUT2D eigenvalue weighted by Gasteiger charge is 2.14. The molecule has 0 aliphatic carbocycles. The van der Waals surface area contributed by atoms with Crippen molar-refractivity contribution in [2.45, 2.75) is 19.3 Å². The van der Waals surface area contributed by atoms with Gasteiger partial charge in [0.1, 0.15) is 18.0 Å². The minimum atomic E-state index is -0.0756. The van der Waals surface area contributed by atoms with Crippen molar-refractivity contribution in [1.82, 2.24) is 9.97 Å². The summed E-state index contributed by atoms with van der Waals surface area (Å²) in [5, 5.41) is 2.84. The van der Waals surface area contributed by atoms with Crippen molar-refractivity contribution in [2.75, 3.05) is 23.3 Å². The minimum Gasteiger partial charge on any atom is -0.356 e. The molecule has 5 nitrogen and oxygen atoms in total. The van der Waals surface area contributed by atoms with Crippen LogP contribution in [0.5, 0.6) is 0 Å². The van der Waals surface area contributed by atoms with Crippen molar-refractivity contribution in [3.8, 4) is 0 Å². The lowest BCUT2D eigenvalue weighted by atomic mass is 10.1. The summed E-state index contributed by atoms with van der Waals surface area (Å²) >= 11 is 3.38. The van der Waals surface area contributed by atoms with E-state index >= 15 is 0 Å². The second-order valence-electron chi connectivity index (χ2n) is 5.31. The molecule has 1 saturated heterocycles. The van der Waals surface area contributed by atoms with Crippen LogP contribution in [0.2, 0.25) is 0 Å². The lowest BCUT2D eigenvalue weighted by molar-refractivity contribution is -0.115. The Balaban J connectivity index is 1.63. The van der Waals surface area contributed by atoms with Gasteiger partial charge in [-0.2, -0.15) is 0 Å². The van der Waals surface area contributed by atoms with Crippen molar-refractivity contribution in [1.29, 1.82) is 0 Å². The van der Waals surface area contributed by atoms with Gasteiger partial charge in [0.2, 0.25) is 5.91 Å². The third kappa shape index (κ3) is 3.82. The van der Waals surface area contributed by atoms with Crippen molar-refractivity contribution >= 4 is 33.5 Å². The number of hydrogen-bond acceptors (Lipinski definition) is 4. The van der Waals surface area contributed by atoms with Gasteiger partial charge in [-0.05, 0) is 30.5 Å². The van der Waals surface area contributed by atoms with Crippen LogP contribution < -0.4 is 10.2 Å². The van der Waals surface area contributed by atoms with Crippen LogP contribution in [0.15, 0.2) is 41.1 Å². The number of carbonyl (C=O) groups excluding carboxylic acids is 1. The zero-order chi connectivity index (χ0) is 15.4. The topological polar surface area (TPSA) is 58.1 Å². The van der Waals surface area contributed by atoms with Gasteiger partial charge in [-0.25, -0.2) is 9.97 Å². The van der Waals surface area contributed by atoms with Crippen LogP contribution in [-0.2, 0) is 11.2 Å². The number of rotatable bonds is 4. The van der Waals surface area contributed by atoms with E-state index in [0.717, 1.165) is 28.9 Å². The van der Waals surface area contributed by atoms with Gasteiger partial charge in [-0.3, -0.25) is 4.79 Å². The standard InChI is InChI=1S/C16H17BrN4O/c17-13-5-3-12(4-6-13)9-16(22)20-14-10-15(19-11-18-14)21-7-1-2-8-21/h3-6,10-11H,1-2,7-9H2,(H,18,19,20,22). The molecule has 1 aromatic carbocycles. The largest absolute Gasteiger partial charge is 0.356 e. The third-order valence-corrected chi connectivity index (χ3v) is 4.16. The van der Waals surface area contributed by atoms with Crippen molar-refractivity contribution in [2.24, 2.45) is 0 Å². The Kier molecular flexibility index (Phi) is 4.68. The molecule has 0 unspecified atom stereocenters. The normalized spacial score (nSPS) is 14.1. The van der Waals surface area contributed by atoms with E-state index in [-0.39, 0.29) is 5.91 Å². The maximum atomic E-state index is 12.1. The van der Waals surface area contributed by atoms with Crippen LogP contribution in [-0.4, -0.2) is 29.0 Å². The van der Waals surface area contributed by atoms with E-state index in [9.17, 15) is 4.79 Å². The number of carbonyl (C=O) groups is 1. The summed E-state index contributed by atoms with van der Waals surface area (Å²) in [5.41, 5.74) is 0.967. The summed E-state index contributed by atoms with van der Waals surface area (Å²) < 4.78 is 1.00. The van der Waals surface area contributed by atoms with Gasteiger partial charge in [0.15, 0.2) is 0 Å². The first-order valence-corrected chi connectivity index (χ1v) is 8.11. The number of nitrogens with one attached hydrogen (secondary N) is 1. The van der Waals surface area contributed by atoms with Gasteiger partial charge < -0.3 is 10.2 Å². The number of nitrogens with zero attached hydrogens (tertiary/aromatic N) is 3. The van der Waals surface area contributed by atoms with Crippen LogP contribution in [0.1, 0.15) is 18.4 Å². The Morgan fingerprint density at radius 3 is 2.64 bits per heavy atom. The molecule has 2 aromatic rings. The molecular formula is C16H17BrN4O. The van der Waals surface area contributed by atoms with Gasteiger partial charge in [-0.1, -0.05) is 28.1 Å². The molecule has 0 saturated carbocycles. The molecule has 1 fully saturated rings. The number of hydrogen-bond donors (Lipinski definition) is 1. The number of benzene rings is 1. The van der Waals surface area contributed by atoms with Gasteiger partial charge >= 0.3 is 0 Å². The molecule has 3 rings (SSSR count). The molecule has 0 radical (unpaired) electrons. The summed E-state index contributed by atoms with van der Waals surface area (Å²) in [6, 6.07) is 9.56. The van der Waals surface area contributed by atoms with E-state index in [0.29, 0.717) is 12.2 Å². The van der Waals surface area contributed by atoms with E-state index in [2.05, 4.69) is 36.1 Å². The SMILES string of the molecule is O=C(Cc1ccc(Br)cc1)Nc1cc(N2CCCC2)ncn1. The monoisotopic (exact) mass is 360 g/mol. The second-order valence-corrected chi connectivity index (χ2v) is 6.22. The average Bonchev–Trinajstić information content (AvgIpc) is 3.04. The molecule has 6 heteroatoms. The molecule has 0 atom stereocenters. The van der Waals surface area contributed by atoms with E-state index in [1.165, 1.54) is 19.2 Å². The Labute approximate surface area is 137 Å². The molecule has 1 aliphatic rings. The zero-order valence-electron chi connectivity index (χ0n) is 12.1. The highest BCUT2D eigenvalue weighted by atomic mass is 79.9. The zero-order valence-corrected chi connectivity index (χ0v) is 13.7. The fourth-order valence-corrected chi connectivity index (χ4v) is 2.77. The molecule has 1 aliphatic heterocycles. The van der Waals surface area contributed by atoms with Crippen LogP contribution in [0.3, 0.4) is 0 Å². The van der Waals surface area contributed by atoms with Gasteiger partial charge in [0.05, 0.1) is 6.42 Å². The number of aromatic nitrogens is 2. The molecule has 114 valence electrons. The second kappa shape index (κ2) is 6.87. The molecule has 1 aromatic heterocycles. The van der Waals surface area contributed by atoms with Gasteiger partial charge in [0.25, 0.3) is 0 Å². The van der Waals surface area contributed by atoms with Crippen molar-refractivity contribution in [3.63, 3.8) is 0 Å². The minimum absolute atomic E-state index is 0.0756. The third-order valence-electron chi connectivity index (χ3n) is 3.63. The highest BCUT2D eigenvalue weighted by molar-refractivity contribution is 9.10. The quantitative estimate of drug-likeness (QED) is 0.910. The first-order chi connectivity index (χ1) is 10.7. The fraction of sp³-hybridized carbons (Fsp3) is 0.312. The lowest BCUT2D eigenvalue weighted by Gasteiger charge is -2.16. The number of halogens is 1. The fourth-order valence-electron chi connectivity index (χ4n) is 2.51. The van der Waals surface area contributed by atoms with Crippen molar-refractivity contribution < 1.29 is 4.79 Å². The Morgan fingerprint density at radius 1 is 1.18 bits per heavy atom. The maximum absolute atomic E-state index is 12.1. The summed E-state index contributed by atoms with van der Waals surface area (Å²) in [5.74, 6) is 1.36. The lowest BCUT2D eigenvalue weighted by Crippen LogP contribution is -2.20. The van der Waals surface area contributed by atoms with Gasteiger partial charge in [-0.15, -0.1) is 0 Å². The number of anilines is 2. The molecule has 1 N–H and O–H groups in total. The highest BCUT2D eigenvalue weighted by Crippen LogP contribution is 2.19. The number of amides is 1. The maximum Gasteiger partial charge on any atom is 0.229 e. The summed E-state index contributed by atoms with van der Waals surface area (Å²) in [4.78, 5) is 22.7. The molecule has 0 bridgehead atoms. The Morgan fingerprint density at radius 2 is 1.91 bits per heavy atom. The van der Waals surface area contributed by atoms with Crippen LogP contribution in [0, 0.1) is 0 Å². The van der Waals surface area contributed by atoms with E-state index in [1.807, 2.05) is 30.3 Å². The molecule has 1 amide bonds. The molecule has 2 heterocycles. The molecular weight excluding hydrogens is 344 g/mol. The summed E-state index contributed by atoms with van der Waals surface area (Å²) in [6.45, 7) is 2.03. The van der Waals surface area contributed by atoms with E-state index in [4.69, 9.17) is 0 Å². The predicted molar refractivity (Wildman–Crippen MR) is 90.0 cm³/mol. The predicted octanol–water partition coefficient (Wildman–Crippen LogP) is 3.02. The van der Waals surface area contributed by atoms with Crippen LogP contribution in [0.25, 0.3) is 0 Å².